The second kappa shape index (κ2) is 3.91. The van der Waals surface area contributed by atoms with Gasteiger partial charge in [0.25, 0.3) is 0 Å². The summed E-state index contributed by atoms with van der Waals surface area (Å²) < 4.78 is 0. The van der Waals surface area contributed by atoms with Gasteiger partial charge in [-0.15, -0.1) is 11.8 Å². The van der Waals surface area contributed by atoms with Gasteiger partial charge in [0.15, 0.2) is 0 Å². The van der Waals surface area contributed by atoms with Crippen LogP contribution < -0.4 is 0 Å². The van der Waals surface area contributed by atoms with Gasteiger partial charge in [0, 0.05) is 0 Å². The van der Waals surface area contributed by atoms with Crippen LogP contribution in [0.15, 0.2) is 0 Å². The van der Waals surface area contributed by atoms with E-state index < -0.39 is 29.0 Å². The average molecular weight is 196 g/mol. The molecule has 6 heteroatoms. The molecule has 0 aromatic heterocycles. The highest BCUT2D eigenvalue weighted by atomic mass is 32.2. The van der Waals surface area contributed by atoms with Crippen LogP contribution in [0.1, 0.15) is 0 Å². The van der Waals surface area contributed by atoms with Gasteiger partial charge >= 0.3 is 0 Å². The van der Waals surface area contributed by atoms with E-state index >= 15 is 0 Å². The van der Waals surface area contributed by atoms with E-state index in [9.17, 15) is 5.11 Å². The average Bonchev–Trinajstić information content (AvgIpc) is 2.08. The largest absolute Gasteiger partial charge is 0.395 e. The van der Waals surface area contributed by atoms with Crippen molar-refractivity contribution >= 4 is 11.8 Å². The number of hydrogen-bond acceptors (Lipinski definition) is 6. The Labute approximate surface area is 73.7 Å². The maximum atomic E-state index is 9.22. The first-order chi connectivity index (χ1) is 5.57. The van der Waals surface area contributed by atoms with Crippen molar-refractivity contribution in [3.63, 3.8) is 0 Å². The zero-order valence-corrected chi connectivity index (χ0v) is 7.05. The molecule has 1 heterocycles. The van der Waals surface area contributed by atoms with Gasteiger partial charge in [-0.3, -0.25) is 0 Å². The van der Waals surface area contributed by atoms with Gasteiger partial charge in [-0.05, 0) is 0 Å². The quantitative estimate of drug-likeness (QED) is 0.318. The van der Waals surface area contributed by atoms with Gasteiger partial charge in [0.05, 0.1) is 18.0 Å². The number of hydrogen-bond donors (Lipinski definition) is 5. The molecule has 0 radical (unpaired) electrons. The first kappa shape index (κ1) is 10.2. The van der Waals surface area contributed by atoms with E-state index in [1.165, 1.54) is 0 Å². The third-order valence-corrected chi connectivity index (χ3v) is 3.20. The molecule has 0 aromatic carbocycles. The second-order valence-corrected chi connectivity index (χ2v) is 4.08. The van der Waals surface area contributed by atoms with Crippen molar-refractivity contribution in [3.8, 4) is 0 Å². The summed E-state index contributed by atoms with van der Waals surface area (Å²) in [7, 11) is 0. The lowest BCUT2D eigenvalue weighted by molar-refractivity contribution is -0.0953. The van der Waals surface area contributed by atoms with Crippen LogP contribution in [0.4, 0.5) is 0 Å². The standard InChI is InChI=1S/C6H12O5S/c7-1-2-3(8)4(9)5(10)6(11)12-2/h2-11H,1H2/t2-,3-,4+,5-,6+/m1/s1. The third kappa shape index (κ3) is 1.73. The van der Waals surface area contributed by atoms with Gasteiger partial charge in [-0.25, -0.2) is 0 Å². The molecule has 5 atom stereocenters. The van der Waals surface area contributed by atoms with Crippen molar-refractivity contribution in [2.75, 3.05) is 6.61 Å². The van der Waals surface area contributed by atoms with Gasteiger partial charge in [-0.1, -0.05) is 0 Å². The Morgan fingerprint density at radius 1 is 0.917 bits per heavy atom. The van der Waals surface area contributed by atoms with Crippen LogP contribution >= 0.6 is 11.8 Å². The summed E-state index contributed by atoms with van der Waals surface area (Å²) in [4.78, 5) is 0. The van der Waals surface area contributed by atoms with Gasteiger partial charge in [0.1, 0.15) is 17.6 Å². The molecule has 1 fully saturated rings. The Balaban J connectivity index is 2.63. The fourth-order valence-corrected chi connectivity index (χ4v) is 2.17. The summed E-state index contributed by atoms with van der Waals surface area (Å²) in [5.41, 5.74) is -1.15. The van der Waals surface area contributed by atoms with E-state index in [0.717, 1.165) is 11.8 Å². The molecule has 0 bridgehead atoms. The molecular formula is C6H12O5S. The van der Waals surface area contributed by atoms with Crippen molar-refractivity contribution in [1.82, 2.24) is 0 Å². The smallest absolute Gasteiger partial charge is 0.128 e. The van der Waals surface area contributed by atoms with Crippen LogP contribution in [-0.2, 0) is 0 Å². The SMILES string of the molecule is OC[C@H]1S[C@H](O)[C@H](O)[C@@H](O)[C@@H]1O. The molecule has 5 N–H and O–H groups in total. The molecular weight excluding hydrogens is 184 g/mol. The van der Waals surface area contributed by atoms with E-state index in [-0.39, 0.29) is 6.61 Å². The lowest BCUT2D eigenvalue weighted by atomic mass is 10.0. The van der Waals surface area contributed by atoms with E-state index in [0.29, 0.717) is 0 Å². The van der Waals surface area contributed by atoms with Crippen LogP contribution in [0.2, 0.25) is 0 Å². The highest BCUT2D eigenvalue weighted by Crippen LogP contribution is 2.30. The van der Waals surface area contributed by atoms with Gasteiger partial charge in [0.2, 0.25) is 0 Å². The minimum absolute atomic E-state index is 0.341. The fraction of sp³-hybridized carbons (Fsp3) is 1.00. The Morgan fingerprint density at radius 2 is 1.50 bits per heavy atom. The second-order valence-electron chi connectivity index (χ2n) is 2.72. The van der Waals surface area contributed by atoms with Crippen LogP contribution in [-0.4, -0.2) is 61.1 Å². The summed E-state index contributed by atoms with van der Waals surface area (Å²) in [6.07, 6.45) is -3.94. The lowest BCUT2D eigenvalue weighted by Gasteiger charge is -2.36. The molecule has 0 amide bonds. The molecule has 0 aliphatic carbocycles. The number of aliphatic hydroxyl groups excluding tert-OH is 5. The number of thioether (sulfide) groups is 1. The van der Waals surface area contributed by atoms with E-state index in [2.05, 4.69) is 0 Å². The van der Waals surface area contributed by atoms with Gasteiger partial charge in [-0.2, -0.15) is 0 Å². The summed E-state index contributed by atoms with van der Waals surface area (Å²) >= 11 is 0.852. The molecule has 1 aliphatic rings. The van der Waals surface area contributed by atoms with Crippen molar-refractivity contribution in [1.29, 1.82) is 0 Å². The van der Waals surface area contributed by atoms with Crippen molar-refractivity contribution in [3.05, 3.63) is 0 Å². The Morgan fingerprint density at radius 3 is 2.00 bits per heavy atom. The van der Waals surface area contributed by atoms with E-state index in [1.807, 2.05) is 0 Å². The maximum absolute atomic E-state index is 9.22. The summed E-state index contributed by atoms with van der Waals surface area (Å²) in [5.74, 6) is 0. The molecule has 1 aliphatic heterocycles. The predicted molar refractivity (Wildman–Crippen MR) is 42.5 cm³/mol. The monoisotopic (exact) mass is 196 g/mol. The van der Waals surface area contributed by atoms with Crippen LogP contribution in [0.5, 0.6) is 0 Å². The topological polar surface area (TPSA) is 101 Å². The van der Waals surface area contributed by atoms with Crippen molar-refractivity contribution in [2.45, 2.75) is 29.0 Å². The minimum atomic E-state index is -1.39. The highest BCUT2D eigenvalue weighted by molar-refractivity contribution is 8.00. The Kier molecular flexibility index (Phi) is 3.33. The minimum Gasteiger partial charge on any atom is -0.395 e. The summed E-state index contributed by atoms with van der Waals surface area (Å²) in [6.45, 7) is -0.341. The molecule has 0 unspecified atom stereocenters. The first-order valence-electron chi connectivity index (χ1n) is 3.56. The maximum Gasteiger partial charge on any atom is 0.128 e. The third-order valence-electron chi connectivity index (χ3n) is 1.87. The fourth-order valence-electron chi connectivity index (χ4n) is 1.08. The number of rotatable bonds is 1. The highest BCUT2D eigenvalue weighted by Gasteiger charge is 2.42. The molecule has 12 heavy (non-hydrogen) atoms. The molecule has 5 nitrogen and oxygen atoms in total. The van der Waals surface area contributed by atoms with Crippen LogP contribution in [0.25, 0.3) is 0 Å². The van der Waals surface area contributed by atoms with Crippen molar-refractivity contribution in [2.24, 2.45) is 0 Å². The zero-order valence-electron chi connectivity index (χ0n) is 6.24. The van der Waals surface area contributed by atoms with Crippen LogP contribution in [0, 0.1) is 0 Å². The molecule has 1 rings (SSSR count). The Bertz CT molecular complexity index is 150. The van der Waals surface area contributed by atoms with Crippen molar-refractivity contribution < 1.29 is 25.5 Å². The van der Waals surface area contributed by atoms with E-state index in [4.69, 9.17) is 20.4 Å². The molecule has 0 saturated carbocycles. The predicted octanol–water partition coefficient (Wildman–Crippen LogP) is -2.50. The molecule has 1 saturated heterocycles. The number of aliphatic hydroxyl groups is 5. The first-order valence-corrected chi connectivity index (χ1v) is 4.50. The summed E-state index contributed by atoms with van der Waals surface area (Å²) in [5, 5.41) is 44.6. The summed E-state index contributed by atoms with van der Waals surface area (Å²) in [6, 6.07) is 0. The molecule has 0 spiro atoms. The Hall–Kier alpha value is 0.150. The zero-order chi connectivity index (χ0) is 9.30. The van der Waals surface area contributed by atoms with Gasteiger partial charge < -0.3 is 25.5 Å². The molecule has 0 aromatic rings. The van der Waals surface area contributed by atoms with E-state index in [1.54, 1.807) is 0 Å². The molecule has 72 valence electrons. The normalized spacial score (nSPS) is 49.2. The van der Waals surface area contributed by atoms with Crippen LogP contribution in [0.3, 0.4) is 0 Å². The lowest BCUT2D eigenvalue weighted by Crippen LogP contribution is -2.53.